The van der Waals surface area contributed by atoms with Gasteiger partial charge in [-0.1, -0.05) is 11.6 Å². The SMILES string of the molecule is O=C1CCCC2=C1C(c1ccc(-c3cc(C(F)(F)F)ccc3Cl)o1)c1c([nH]c(=O)[nH]c1=O)N2. The van der Waals surface area contributed by atoms with Gasteiger partial charge in [-0.3, -0.25) is 19.6 Å². The van der Waals surface area contributed by atoms with Crippen LogP contribution in [0.3, 0.4) is 0 Å². The van der Waals surface area contributed by atoms with E-state index in [0.717, 1.165) is 18.2 Å². The molecule has 1 aliphatic heterocycles. The summed E-state index contributed by atoms with van der Waals surface area (Å²) < 4.78 is 45.5. The van der Waals surface area contributed by atoms with Crippen LogP contribution in [-0.2, 0) is 11.0 Å². The average molecular weight is 478 g/mol. The van der Waals surface area contributed by atoms with Gasteiger partial charge < -0.3 is 9.73 Å². The van der Waals surface area contributed by atoms with Crippen molar-refractivity contribution >= 4 is 23.2 Å². The lowest BCUT2D eigenvalue weighted by molar-refractivity contribution is -0.137. The number of alkyl halides is 3. The van der Waals surface area contributed by atoms with Crippen molar-refractivity contribution < 1.29 is 22.4 Å². The van der Waals surface area contributed by atoms with Crippen LogP contribution in [0.1, 0.15) is 42.1 Å². The number of anilines is 1. The highest BCUT2D eigenvalue weighted by Crippen LogP contribution is 2.45. The number of carbonyl (C=O) groups excluding carboxylic acids is 1. The van der Waals surface area contributed by atoms with Gasteiger partial charge in [0.2, 0.25) is 0 Å². The molecule has 170 valence electrons. The van der Waals surface area contributed by atoms with Crippen LogP contribution < -0.4 is 16.6 Å². The van der Waals surface area contributed by atoms with Gasteiger partial charge in [0.25, 0.3) is 5.56 Å². The highest BCUT2D eigenvalue weighted by Gasteiger charge is 2.39. The normalized spacial score (nSPS) is 18.1. The number of aromatic nitrogens is 2. The minimum Gasteiger partial charge on any atom is -0.460 e. The average Bonchev–Trinajstić information content (AvgIpc) is 3.21. The van der Waals surface area contributed by atoms with Crippen molar-refractivity contribution in [3.05, 3.63) is 84.3 Å². The number of hydrogen-bond donors (Lipinski definition) is 3. The Balaban J connectivity index is 1.68. The zero-order chi connectivity index (χ0) is 23.5. The smallest absolute Gasteiger partial charge is 0.416 e. The fourth-order valence-corrected chi connectivity index (χ4v) is 4.53. The van der Waals surface area contributed by atoms with E-state index < -0.39 is 28.9 Å². The number of nitrogens with one attached hydrogen (secondary N) is 3. The number of carbonyl (C=O) groups is 1. The van der Waals surface area contributed by atoms with Gasteiger partial charge in [-0.2, -0.15) is 13.2 Å². The summed E-state index contributed by atoms with van der Waals surface area (Å²) in [5.41, 5.74) is -1.31. The van der Waals surface area contributed by atoms with Gasteiger partial charge in [0.15, 0.2) is 5.78 Å². The minimum absolute atomic E-state index is 0.0199. The molecule has 11 heteroatoms. The minimum atomic E-state index is -4.57. The van der Waals surface area contributed by atoms with E-state index in [1.807, 2.05) is 0 Å². The number of hydrogen-bond acceptors (Lipinski definition) is 5. The van der Waals surface area contributed by atoms with Crippen molar-refractivity contribution in [1.29, 1.82) is 0 Å². The summed E-state index contributed by atoms with van der Waals surface area (Å²) in [4.78, 5) is 42.0. The van der Waals surface area contributed by atoms with E-state index in [0.29, 0.717) is 24.1 Å². The summed E-state index contributed by atoms with van der Waals surface area (Å²) in [7, 11) is 0. The first-order valence-electron chi connectivity index (χ1n) is 10.00. The molecule has 1 aromatic carbocycles. The van der Waals surface area contributed by atoms with Crippen LogP contribution in [0.5, 0.6) is 0 Å². The summed E-state index contributed by atoms with van der Waals surface area (Å²) in [6.07, 6.45) is -3.17. The fourth-order valence-electron chi connectivity index (χ4n) is 4.32. The quantitative estimate of drug-likeness (QED) is 0.501. The topological polar surface area (TPSA) is 108 Å². The Labute approximate surface area is 188 Å². The zero-order valence-corrected chi connectivity index (χ0v) is 17.5. The maximum Gasteiger partial charge on any atom is 0.416 e. The molecule has 3 heterocycles. The maximum atomic E-state index is 13.2. The Kier molecular flexibility index (Phi) is 4.86. The number of Topliss-reactive ketones (excluding diaryl/α,β-unsaturated/α-hetero) is 1. The largest absolute Gasteiger partial charge is 0.460 e. The van der Waals surface area contributed by atoms with E-state index in [4.69, 9.17) is 16.0 Å². The number of halogens is 4. The van der Waals surface area contributed by atoms with Crippen LogP contribution in [0, 0.1) is 0 Å². The molecule has 5 rings (SSSR count). The van der Waals surface area contributed by atoms with E-state index in [9.17, 15) is 27.6 Å². The summed E-state index contributed by atoms with van der Waals surface area (Å²) in [5.74, 6) is -0.755. The number of rotatable bonds is 2. The van der Waals surface area contributed by atoms with E-state index >= 15 is 0 Å². The first-order valence-corrected chi connectivity index (χ1v) is 10.4. The molecule has 0 fully saturated rings. The van der Waals surface area contributed by atoms with Crippen molar-refractivity contribution in [2.75, 3.05) is 5.32 Å². The van der Waals surface area contributed by atoms with Gasteiger partial charge in [-0.05, 0) is 43.2 Å². The molecule has 7 nitrogen and oxygen atoms in total. The molecule has 1 atom stereocenters. The van der Waals surface area contributed by atoms with Crippen molar-refractivity contribution in [2.45, 2.75) is 31.4 Å². The van der Waals surface area contributed by atoms with E-state index in [-0.39, 0.29) is 45.7 Å². The third-order valence-electron chi connectivity index (χ3n) is 5.76. The molecule has 0 amide bonds. The van der Waals surface area contributed by atoms with Gasteiger partial charge in [-0.25, -0.2) is 4.79 Å². The Morgan fingerprint density at radius 3 is 2.58 bits per heavy atom. The number of H-pyrrole nitrogens is 2. The molecule has 1 unspecified atom stereocenters. The molecular formula is C22H15ClF3N3O4. The Morgan fingerprint density at radius 1 is 1.03 bits per heavy atom. The standard InChI is InChI=1S/C22H15ClF3N3O4/c23-11-5-4-9(22(24,25)26)8-10(11)14-6-7-15(33-14)17-16-12(2-1-3-13(16)30)27-19-18(17)20(31)29-21(32)28-19/h4-8,17H,1-3H2,(H3,27,28,29,31,32). The Hall–Kier alpha value is -3.53. The number of fused-ring (bicyclic) bond motifs is 1. The van der Waals surface area contributed by atoms with Crippen molar-refractivity contribution in [2.24, 2.45) is 0 Å². The third-order valence-corrected chi connectivity index (χ3v) is 6.09. The van der Waals surface area contributed by atoms with Crippen molar-refractivity contribution in [3.63, 3.8) is 0 Å². The lowest BCUT2D eigenvalue weighted by Gasteiger charge is -2.31. The van der Waals surface area contributed by atoms with Gasteiger partial charge >= 0.3 is 11.9 Å². The number of furan rings is 1. The summed E-state index contributed by atoms with van der Waals surface area (Å²) in [6.45, 7) is 0. The Morgan fingerprint density at radius 2 is 1.82 bits per heavy atom. The zero-order valence-electron chi connectivity index (χ0n) is 16.7. The van der Waals surface area contributed by atoms with E-state index in [2.05, 4.69) is 15.3 Å². The lowest BCUT2D eigenvalue weighted by Crippen LogP contribution is -2.35. The molecule has 3 N–H and O–H groups in total. The van der Waals surface area contributed by atoms with Crippen molar-refractivity contribution in [1.82, 2.24) is 9.97 Å². The van der Waals surface area contributed by atoms with Crippen LogP contribution >= 0.6 is 11.6 Å². The van der Waals surface area contributed by atoms with Crippen LogP contribution in [0.4, 0.5) is 19.0 Å². The molecule has 3 aromatic rings. The van der Waals surface area contributed by atoms with Crippen LogP contribution in [0.15, 0.2) is 55.6 Å². The molecule has 0 saturated carbocycles. The molecule has 0 saturated heterocycles. The molecule has 0 spiro atoms. The molecule has 0 bridgehead atoms. The second-order valence-corrected chi connectivity index (χ2v) is 8.23. The fraction of sp³-hybridized carbons (Fsp3) is 0.227. The second-order valence-electron chi connectivity index (χ2n) is 7.82. The molecule has 33 heavy (non-hydrogen) atoms. The van der Waals surface area contributed by atoms with Crippen LogP contribution in [-0.4, -0.2) is 15.8 Å². The molecule has 2 aliphatic rings. The van der Waals surface area contributed by atoms with Gasteiger partial charge in [-0.15, -0.1) is 0 Å². The summed E-state index contributed by atoms with van der Waals surface area (Å²) in [5, 5.41) is 3.02. The first-order chi connectivity index (χ1) is 15.6. The highest BCUT2D eigenvalue weighted by molar-refractivity contribution is 6.33. The number of benzene rings is 1. The second kappa shape index (κ2) is 7.51. The van der Waals surface area contributed by atoms with Gasteiger partial charge in [0.05, 0.1) is 22.1 Å². The predicted octanol–water partition coefficient (Wildman–Crippen LogP) is 4.56. The first kappa shape index (κ1) is 21.3. The van der Waals surface area contributed by atoms with Crippen LogP contribution in [0.25, 0.3) is 11.3 Å². The molecule has 1 aliphatic carbocycles. The number of allylic oxidation sites excluding steroid dienone is 2. The predicted molar refractivity (Wildman–Crippen MR) is 113 cm³/mol. The van der Waals surface area contributed by atoms with Crippen molar-refractivity contribution in [3.8, 4) is 11.3 Å². The number of ketones is 1. The monoisotopic (exact) mass is 477 g/mol. The van der Waals surface area contributed by atoms with E-state index in [1.165, 1.54) is 12.1 Å². The molecular weight excluding hydrogens is 463 g/mol. The van der Waals surface area contributed by atoms with Gasteiger partial charge in [0, 0.05) is 23.3 Å². The van der Waals surface area contributed by atoms with Crippen LogP contribution in [0.2, 0.25) is 5.02 Å². The highest BCUT2D eigenvalue weighted by atomic mass is 35.5. The molecule has 0 radical (unpaired) electrons. The molecule has 2 aromatic heterocycles. The maximum absolute atomic E-state index is 13.2. The Bertz CT molecular complexity index is 1450. The summed E-state index contributed by atoms with van der Waals surface area (Å²) >= 11 is 6.14. The van der Waals surface area contributed by atoms with E-state index in [1.54, 1.807) is 0 Å². The number of aromatic amines is 2. The van der Waals surface area contributed by atoms with Gasteiger partial charge in [0.1, 0.15) is 17.3 Å². The lowest BCUT2D eigenvalue weighted by atomic mass is 9.79. The summed E-state index contributed by atoms with van der Waals surface area (Å²) in [6, 6.07) is 5.80. The third kappa shape index (κ3) is 3.60.